The fraction of sp³-hybridized carbons (Fsp3) is 0.833. The summed E-state index contributed by atoms with van der Waals surface area (Å²) in [4.78, 5) is 6.68. The van der Waals surface area contributed by atoms with Crippen LogP contribution in [0.15, 0.2) is 4.52 Å². The quantitative estimate of drug-likeness (QED) is 0.847. The molecule has 0 spiro atoms. The van der Waals surface area contributed by atoms with Crippen LogP contribution in [0.3, 0.4) is 0 Å². The summed E-state index contributed by atoms with van der Waals surface area (Å²) in [5.41, 5.74) is 5.52. The van der Waals surface area contributed by atoms with Gasteiger partial charge in [-0.25, -0.2) is 0 Å². The molecule has 1 unspecified atom stereocenters. The first kappa shape index (κ1) is 13.5. The molecule has 1 aromatic heterocycles. The standard InChI is InChI=1S/C12H22N4O2/c1-12(2,3)11-14-10(15-18-11)8-16-4-5-17-9(6-13)7-16/h9H,4-8,13H2,1-3H3. The van der Waals surface area contributed by atoms with Gasteiger partial charge in [0.05, 0.1) is 19.3 Å². The molecule has 0 bridgehead atoms. The van der Waals surface area contributed by atoms with Gasteiger partial charge >= 0.3 is 0 Å². The molecular formula is C12H22N4O2. The second-order valence-corrected chi connectivity index (χ2v) is 5.73. The van der Waals surface area contributed by atoms with E-state index in [1.54, 1.807) is 0 Å². The van der Waals surface area contributed by atoms with Crippen LogP contribution in [-0.4, -0.2) is 47.4 Å². The van der Waals surface area contributed by atoms with Gasteiger partial charge in [-0.2, -0.15) is 4.98 Å². The van der Waals surface area contributed by atoms with Gasteiger partial charge in [0.2, 0.25) is 5.89 Å². The summed E-state index contributed by atoms with van der Waals surface area (Å²) in [7, 11) is 0. The van der Waals surface area contributed by atoms with Gasteiger partial charge < -0.3 is 15.0 Å². The first-order chi connectivity index (χ1) is 8.49. The van der Waals surface area contributed by atoms with E-state index in [0.717, 1.165) is 18.9 Å². The lowest BCUT2D eigenvalue weighted by molar-refractivity contribution is -0.0269. The summed E-state index contributed by atoms with van der Waals surface area (Å²) >= 11 is 0. The van der Waals surface area contributed by atoms with Crippen molar-refractivity contribution in [2.75, 3.05) is 26.2 Å². The fourth-order valence-corrected chi connectivity index (χ4v) is 1.89. The average Bonchev–Trinajstić information content (AvgIpc) is 2.77. The molecule has 1 saturated heterocycles. The van der Waals surface area contributed by atoms with Crippen molar-refractivity contribution >= 4 is 0 Å². The molecule has 0 saturated carbocycles. The number of nitrogens with zero attached hydrogens (tertiary/aromatic N) is 3. The van der Waals surface area contributed by atoms with Gasteiger partial charge in [0.1, 0.15) is 0 Å². The Hall–Kier alpha value is -0.980. The summed E-state index contributed by atoms with van der Waals surface area (Å²) in [5, 5.41) is 4.03. The smallest absolute Gasteiger partial charge is 0.232 e. The van der Waals surface area contributed by atoms with E-state index < -0.39 is 0 Å². The first-order valence-corrected chi connectivity index (χ1v) is 6.36. The molecule has 18 heavy (non-hydrogen) atoms. The molecule has 1 aliphatic heterocycles. The van der Waals surface area contributed by atoms with Crippen molar-refractivity contribution in [3.8, 4) is 0 Å². The summed E-state index contributed by atoms with van der Waals surface area (Å²) < 4.78 is 10.8. The Bertz CT molecular complexity index is 386. The second-order valence-electron chi connectivity index (χ2n) is 5.73. The molecule has 6 nitrogen and oxygen atoms in total. The highest BCUT2D eigenvalue weighted by molar-refractivity contribution is 4.98. The Kier molecular flexibility index (Phi) is 3.99. The number of hydrogen-bond donors (Lipinski definition) is 1. The predicted octanol–water partition coefficient (Wildman–Crippen LogP) is 0.527. The maximum Gasteiger partial charge on any atom is 0.232 e. The first-order valence-electron chi connectivity index (χ1n) is 6.36. The van der Waals surface area contributed by atoms with Crippen molar-refractivity contribution in [2.24, 2.45) is 5.73 Å². The Balaban J connectivity index is 1.95. The fourth-order valence-electron chi connectivity index (χ4n) is 1.89. The van der Waals surface area contributed by atoms with E-state index in [2.05, 4.69) is 35.8 Å². The molecule has 0 aromatic carbocycles. The minimum atomic E-state index is -0.101. The molecule has 2 rings (SSSR count). The van der Waals surface area contributed by atoms with Crippen molar-refractivity contribution in [2.45, 2.75) is 38.8 Å². The summed E-state index contributed by atoms with van der Waals surface area (Å²) in [5.74, 6) is 1.42. The zero-order valence-corrected chi connectivity index (χ0v) is 11.3. The highest BCUT2D eigenvalue weighted by Crippen LogP contribution is 2.20. The average molecular weight is 254 g/mol. The van der Waals surface area contributed by atoms with Gasteiger partial charge in [0, 0.05) is 25.0 Å². The summed E-state index contributed by atoms with van der Waals surface area (Å²) in [6.07, 6.45) is 0.118. The van der Waals surface area contributed by atoms with Crippen molar-refractivity contribution in [3.63, 3.8) is 0 Å². The van der Waals surface area contributed by atoms with Crippen molar-refractivity contribution < 1.29 is 9.26 Å². The van der Waals surface area contributed by atoms with Crippen LogP contribution in [0, 0.1) is 0 Å². The van der Waals surface area contributed by atoms with Gasteiger partial charge in [0.25, 0.3) is 0 Å². The number of hydrogen-bond acceptors (Lipinski definition) is 6. The maximum atomic E-state index is 5.62. The molecule has 6 heteroatoms. The number of ether oxygens (including phenoxy) is 1. The summed E-state index contributed by atoms with van der Waals surface area (Å²) in [6, 6.07) is 0. The van der Waals surface area contributed by atoms with E-state index in [4.69, 9.17) is 15.0 Å². The lowest BCUT2D eigenvalue weighted by Gasteiger charge is -2.31. The molecule has 1 atom stereocenters. The predicted molar refractivity (Wildman–Crippen MR) is 67.1 cm³/mol. The largest absolute Gasteiger partial charge is 0.374 e. The molecule has 0 amide bonds. The Morgan fingerprint density at radius 2 is 2.22 bits per heavy atom. The zero-order chi connectivity index (χ0) is 13.2. The molecule has 2 heterocycles. The topological polar surface area (TPSA) is 77.4 Å². The highest BCUT2D eigenvalue weighted by Gasteiger charge is 2.24. The van der Waals surface area contributed by atoms with Crippen LogP contribution in [0.25, 0.3) is 0 Å². The minimum absolute atomic E-state index is 0.101. The van der Waals surface area contributed by atoms with Crippen LogP contribution in [-0.2, 0) is 16.7 Å². The van der Waals surface area contributed by atoms with Crippen molar-refractivity contribution in [1.82, 2.24) is 15.0 Å². The van der Waals surface area contributed by atoms with Crippen LogP contribution in [0.4, 0.5) is 0 Å². The molecule has 0 aliphatic carbocycles. The number of morpholine rings is 1. The molecule has 2 N–H and O–H groups in total. The normalized spacial score (nSPS) is 22.3. The Labute approximate surface area is 107 Å². The van der Waals surface area contributed by atoms with E-state index in [9.17, 15) is 0 Å². The van der Waals surface area contributed by atoms with Crippen LogP contribution in [0.2, 0.25) is 0 Å². The molecule has 0 radical (unpaired) electrons. The number of rotatable bonds is 3. The Morgan fingerprint density at radius 1 is 1.44 bits per heavy atom. The summed E-state index contributed by atoms with van der Waals surface area (Å²) in [6.45, 7) is 9.85. The Morgan fingerprint density at radius 3 is 2.83 bits per heavy atom. The van der Waals surface area contributed by atoms with E-state index in [0.29, 0.717) is 25.6 Å². The van der Waals surface area contributed by atoms with E-state index in [1.807, 2.05) is 0 Å². The molecule has 102 valence electrons. The van der Waals surface area contributed by atoms with E-state index in [1.165, 1.54) is 0 Å². The second kappa shape index (κ2) is 5.34. The van der Waals surface area contributed by atoms with Gasteiger partial charge in [-0.15, -0.1) is 0 Å². The third-order valence-corrected chi connectivity index (χ3v) is 2.96. The lowest BCUT2D eigenvalue weighted by Crippen LogP contribution is -2.45. The van der Waals surface area contributed by atoms with Crippen LogP contribution in [0.1, 0.15) is 32.5 Å². The minimum Gasteiger partial charge on any atom is -0.374 e. The highest BCUT2D eigenvalue weighted by atomic mass is 16.5. The van der Waals surface area contributed by atoms with Crippen LogP contribution < -0.4 is 5.73 Å². The monoisotopic (exact) mass is 254 g/mol. The van der Waals surface area contributed by atoms with Gasteiger partial charge in [0.15, 0.2) is 5.82 Å². The number of aromatic nitrogens is 2. The third-order valence-electron chi connectivity index (χ3n) is 2.96. The van der Waals surface area contributed by atoms with Crippen LogP contribution >= 0.6 is 0 Å². The van der Waals surface area contributed by atoms with Gasteiger partial charge in [-0.3, -0.25) is 4.90 Å². The lowest BCUT2D eigenvalue weighted by atomic mass is 9.97. The molecular weight excluding hydrogens is 232 g/mol. The molecule has 1 aliphatic rings. The van der Waals surface area contributed by atoms with E-state index >= 15 is 0 Å². The molecule has 1 aromatic rings. The van der Waals surface area contributed by atoms with Gasteiger partial charge in [-0.1, -0.05) is 25.9 Å². The van der Waals surface area contributed by atoms with Gasteiger partial charge in [-0.05, 0) is 0 Å². The number of nitrogens with two attached hydrogens (primary N) is 1. The zero-order valence-electron chi connectivity index (χ0n) is 11.3. The SMILES string of the molecule is CC(C)(C)c1nc(CN2CCOC(CN)C2)no1. The van der Waals surface area contributed by atoms with Crippen molar-refractivity contribution in [1.29, 1.82) is 0 Å². The van der Waals surface area contributed by atoms with Crippen molar-refractivity contribution in [3.05, 3.63) is 11.7 Å². The van der Waals surface area contributed by atoms with E-state index in [-0.39, 0.29) is 11.5 Å². The third kappa shape index (κ3) is 3.28. The maximum absolute atomic E-state index is 5.62. The molecule has 1 fully saturated rings. The van der Waals surface area contributed by atoms with Crippen LogP contribution in [0.5, 0.6) is 0 Å².